The second kappa shape index (κ2) is 6.94. The van der Waals surface area contributed by atoms with Gasteiger partial charge < -0.3 is 10.2 Å². The topological polar surface area (TPSA) is 32.3 Å². The van der Waals surface area contributed by atoms with Gasteiger partial charge in [-0.2, -0.15) is 0 Å². The van der Waals surface area contributed by atoms with E-state index in [0.717, 1.165) is 31.1 Å². The van der Waals surface area contributed by atoms with Crippen LogP contribution in [-0.4, -0.2) is 36.5 Å². The van der Waals surface area contributed by atoms with Gasteiger partial charge in [0.05, 0.1) is 5.56 Å². The molecule has 4 rings (SSSR count). The van der Waals surface area contributed by atoms with Crippen LogP contribution in [0.15, 0.2) is 11.4 Å². The number of fused-ring (bicyclic) bond motifs is 1. The highest BCUT2D eigenvalue weighted by Crippen LogP contribution is 2.37. The van der Waals surface area contributed by atoms with Crippen molar-refractivity contribution in [2.45, 2.75) is 63.3 Å². The summed E-state index contributed by atoms with van der Waals surface area (Å²) in [6, 6.07) is 2.72. The molecule has 1 saturated carbocycles. The first-order valence-corrected chi connectivity index (χ1v) is 10.3. The summed E-state index contributed by atoms with van der Waals surface area (Å²) >= 11 is 1.80. The molecule has 1 aromatic rings. The summed E-state index contributed by atoms with van der Waals surface area (Å²) in [7, 11) is 0. The smallest absolute Gasteiger partial charge is 0.254 e. The predicted octanol–water partition coefficient (Wildman–Crippen LogP) is 4.01. The molecule has 126 valence electrons. The first kappa shape index (κ1) is 15.6. The Balaban J connectivity index is 1.48. The number of nitrogens with one attached hydrogen (secondary N) is 1. The third-order valence-electron chi connectivity index (χ3n) is 6.11. The van der Waals surface area contributed by atoms with E-state index in [9.17, 15) is 4.79 Å². The van der Waals surface area contributed by atoms with Crippen molar-refractivity contribution in [2.75, 3.05) is 19.6 Å². The lowest BCUT2D eigenvalue weighted by Gasteiger charge is -2.44. The van der Waals surface area contributed by atoms with E-state index in [1.807, 2.05) is 0 Å². The fraction of sp³-hybridized carbons (Fsp3) is 0.737. The molecule has 1 N–H and O–H groups in total. The maximum atomic E-state index is 13.1. The molecule has 1 aromatic heterocycles. The van der Waals surface area contributed by atoms with E-state index in [4.69, 9.17) is 0 Å². The molecule has 1 amide bonds. The molecule has 2 atom stereocenters. The van der Waals surface area contributed by atoms with Gasteiger partial charge >= 0.3 is 0 Å². The zero-order chi connectivity index (χ0) is 15.6. The van der Waals surface area contributed by atoms with Crippen molar-refractivity contribution in [3.05, 3.63) is 21.9 Å². The van der Waals surface area contributed by atoms with Gasteiger partial charge in [0.2, 0.25) is 0 Å². The zero-order valence-corrected chi connectivity index (χ0v) is 14.7. The summed E-state index contributed by atoms with van der Waals surface area (Å²) in [6.07, 6.45) is 10.2. The lowest BCUT2D eigenvalue weighted by atomic mass is 9.78. The second-order valence-corrected chi connectivity index (χ2v) is 8.46. The van der Waals surface area contributed by atoms with Gasteiger partial charge in [-0.1, -0.05) is 12.8 Å². The van der Waals surface area contributed by atoms with E-state index < -0.39 is 0 Å². The van der Waals surface area contributed by atoms with Gasteiger partial charge in [0.15, 0.2) is 0 Å². The lowest BCUT2D eigenvalue weighted by molar-refractivity contribution is 0.0391. The van der Waals surface area contributed by atoms with Gasteiger partial charge in [0.25, 0.3) is 5.91 Å². The summed E-state index contributed by atoms with van der Waals surface area (Å²) in [5.74, 6) is 1.73. The van der Waals surface area contributed by atoms with Crippen LogP contribution in [0.3, 0.4) is 0 Å². The lowest BCUT2D eigenvalue weighted by Crippen LogP contribution is -2.49. The van der Waals surface area contributed by atoms with Crippen LogP contribution in [0.4, 0.5) is 0 Å². The largest absolute Gasteiger partial charge is 0.335 e. The highest BCUT2D eigenvalue weighted by atomic mass is 32.1. The number of amides is 1. The molecule has 0 radical (unpaired) electrons. The Kier molecular flexibility index (Phi) is 4.72. The molecular weight excluding hydrogens is 304 g/mol. The van der Waals surface area contributed by atoms with Crippen LogP contribution in [0.5, 0.6) is 0 Å². The number of piperidine rings is 2. The van der Waals surface area contributed by atoms with Gasteiger partial charge in [0.1, 0.15) is 0 Å². The molecule has 3 fully saturated rings. The molecule has 0 spiro atoms. The number of thiophene rings is 1. The van der Waals surface area contributed by atoms with Crippen molar-refractivity contribution in [1.29, 1.82) is 0 Å². The standard InChI is InChI=1S/C19H28N2OS/c22-19(21-11-3-5-14-4-1-2-6-17(14)21)16-12-18(23-13-16)15-7-9-20-10-8-15/h12-15,17,20H,1-11H2/t14-,17+/m0/s1. The summed E-state index contributed by atoms with van der Waals surface area (Å²) in [6.45, 7) is 3.20. The van der Waals surface area contributed by atoms with Crippen LogP contribution in [0.25, 0.3) is 0 Å². The molecule has 3 aliphatic rings. The molecule has 0 unspecified atom stereocenters. The van der Waals surface area contributed by atoms with Crippen molar-refractivity contribution in [3.63, 3.8) is 0 Å². The molecule has 2 aliphatic heterocycles. The fourth-order valence-corrected chi connectivity index (χ4v) is 5.88. The fourth-order valence-electron chi connectivity index (χ4n) is 4.83. The number of carbonyl (C=O) groups excluding carboxylic acids is 1. The number of hydrogen-bond acceptors (Lipinski definition) is 3. The average Bonchev–Trinajstić information content (AvgIpc) is 3.11. The molecule has 1 aliphatic carbocycles. The van der Waals surface area contributed by atoms with Crippen molar-refractivity contribution in [2.24, 2.45) is 5.92 Å². The van der Waals surface area contributed by atoms with Gasteiger partial charge in [-0.15, -0.1) is 11.3 Å². The Morgan fingerprint density at radius 3 is 2.74 bits per heavy atom. The Hall–Kier alpha value is -0.870. The number of hydrogen-bond donors (Lipinski definition) is 1. The maximum Gasteiger partial charge on any atom is 0.254 e. The minimum Gasteiger partial charge on any atom is -0.335 e. The normalized spacial score (nSPS) is 29.3. The SMILES string of the molecule is O=C(c1csc(C2CCNCC2)c1)N1CCC[C@@H]2CCCC[C@H]21. The van der Waals surface area contributed by atoms with E-state index in [-0.39, 0.29) is 0 Å². The van der Waals surface area contributed by atoms with Gasteiger partial charge in [-0.3, -0.25) is 4.79 Å². The summed E-state index contributed by atoms with van der Waals surface area (Å²) < 4.78 is 0. The Morgan fingerprint density at radius 1 is 1.09 bits per heavy atom. The van der Waals surface area contributed by atoms with Gasteiger partial charge in [0, 0.05) is 22.8 Å². The van der Waals surface area contributed by atoms with E-state index in [1.165, 1.54) is 56.2 Å². The third kappa shape index (κ3) is 3.20. The molecule has 23 heavy (non-hydrogen) atoms. The number of carbonyl (C=O) groups is 1. The first-order chi connectivity index (χ1) is 11.3. The molecule has 4 heteroatoms. The first-order valence-electron chi connectivity index (χ1n) is 9.43. The van der Waals surface area contributed by atoms with Crippen LogP contribution in [-0.2, 0) is 0 Å². The van der Waals surface area contributed by atoms with Crippen LogP contribution >= 0.6 is 11.3 Å². The second-order valence-electron chi connectivity index (χ2n) is 7.51. The highest BCUT2D eigenvalue weighted by Gasteiger charge is 2.36. The van der Waals surface area contributed by atoms with E-state index in [0.29, 0.717) is 17.9 Å². The Labute approximate surface area is 143 Å². The number of nitrogens with zero attached hydrogens (tertiary/aromatic N) is 1. The molecule has 3 nitrogen and oxygen atoms in total. The van der Waals surface area contributed by atoms with Crippen LogP contribution < -0.4 is 5.32 Å². The Bertz CT molecular complexity index is 547. The van der Waals surface area contributed by atoms with Crippen LogP contribution in [0.2, 0.25) is 0 Å². The van der Waals surface area contributed by atoms with Gasteiger partial charge in [-0.05, 0) is 69.5 Å². The predicted molar refractivity (Wildman–Crippen MR) is 95.2 cm³/mol. The zero-order valence-electron chi connectivity index (χ0n) is 13.9. The quantitative estimate of drug-likeness (QED) is 0.887. The number of likely N-dealkylation sites (tertiary alicyclic amines) is 1. The minimum atomic E-state index is 0.304. The van der Waals surface area contributed by atoms with Crippen molar-refractivity contribution in [1.82, 2.24) is 10.2 Å². The van der Waals surface area contributed by atoms with Crippen LogP contribution in [0, 0.1) is 5.92 Å². The van der Waals surface area contributed by atoms with Crippen molar-refractivity contribution in [3.8, 4) is 0 Å². The highest BCUT2D eigenvalue weighted by molar-refractivity contribution is 7.10. The van der Waals surface area contributed by atoms with E-state index >= 15 is 0 Å². The third-order valence-corrected chi connectivity index (χ3v) is 7.21. The molecule has 0 bridgehead atoms. The molecule has 3 heterocycles. The van der Waals surface area contributed by atoms with E-state index in [2.05, 4.69) is 21.7 Å². The average molecular weight is 333 g/mol. The van der Waals surface area contributed by atoms with Gasteiger partial charge in [-0.25, -0.2) is 0 Å². The number of rotatable bonds is 2. The maximum absolute atomic E-state index is 13.1. The molecule has 0 aromatic carbocycles. The van der Waals surface area contributed by atoms with Crippen molar-refractivity contribution >= 4 is 17.2 Å². The monoisotopic (exact) mass is 332 g/mol. The van der Waals surface area contributed by atoms with E-state index in [1.54, 1.807) is 11.3 Å². The summed E-state index contributed by atoms with van der Waals surface area (Å²) in [5.41, 5.74) is 0.953. The minimum absolute atomic E-state index is 0.304. The van der Waals surface area contributed by atoms with Crippen LogP contribution in [0.1, 0.15) is 72.5 Å². The summed E-state index contributed by atoms with van der Waals surface area (Å²) in [5, 5.41) is 5.54. The summed E-state index contributed by atoms with van der Waals surface area (Å²) in [4.78, 5) is 16.7. The molecular formula is C19H28N2OS. The van der Waals surface area contributed by atoms with Crippen molar-refractivity contribution < 1.29 is 4.79 Å². The molecule has 2 saturated heterocycles. The Morgan fingerprint density at radius 2 is 1.87 bits per heavy atom.